The van der Waals surface area contributed by atoms with Crippen molar-refractivity contribution in [3.05, 3.63) is 0 Å². The Kier molecular flexibility index (Phi) is 3.37. The summed E-state index contributed by atoms with van der Waals surface area (Å²) in [6, 6.07) is 0.0470. The molecule has 3 N–H and O–H groups in total. The molecule has 0 aromatic carbocycles. The van der Waals surface area contributed by atoms with Crippen molar-refractivity contribution >= 4 is 6.03 Å². The monoisotopic (exact) mass is 199 g/mol. The van der Waals surface area contributed by atoms with Crippen molar-refractivity contribution in [1.29, 1.82) is 0 Å². The Labute approximate surface area is 85.8 Å². The van der Waals surface area contributed by atoms with E-state index in [-0.39, 0.29) is 11.6 Å². The van der Waals surface area contributed by atoms with Gasteiger partial charge in [-0.15, -0.1) is 0 Å². The first-order valence-corrected chi connectivity index (χ1v) is 5.20. The molecule has 0 aliphatic carbocycles. The molecule has 0 aromatic heterocycles. The molecule has 1 rings (SSSR count). The molecule has 1 aliphatic rings. The highest BCUT2D eigenvalue weighted by molar-refractivity contribution is 5.75. The summed E-state index contributed by atoms with van der Waals surface area (Å²) in [6.07, 6.45) is 0.979. The fourth-order valence-corrected chi connectivity index (χ4v) is 1.74. The molecule has 4 heteroatoms. The second-order valence-electron chi connectivity index (χ2n) is 4.91. The van der Waals surface area contributed by atoms with Gasteiger partial charge in [-0.05, 0) is 39.7 Å². The van der Waals surface area contributed by atoms with E-state index in [1.807, 2.05) is 4.90 Å². The van der Waals surface area contributed by atoms with Crippen LogP contribution in [0.2, 0.25) is 0 Å². The standard InChI is InChI=1S/C10H21N3O/c1-10(2,3)13-7-8(4-5-11)6-12-9(13)14/h8H,4-7,11H2,1-3H3,(H,12,14). The molecule has 1 fully saturated rings. The molecule has 0 radical (unpaired) electrons. The smallest absolute Gasteiger partial charge is 0.317 e. The molecule has 1 heterocycles. The number of urea groups is 1. The average molecular weight is 199 g/mol. The molecule has 1 aliphatic heterocycles. The summed E-state index contributed by atoms with van der Waals surface area (Å²) in [6.45, 7) is 8.44. The lowest BCUT2D eigenvalue weighted by atomic mass is 9.98. The second kappa shape index (κ2) is 4.17. The molecule has 1 saturated heterocycles. The zero-order valence-electron chi connectivity index (χ0n) is 9.34. The van der Waals surface area contributed by atoms with Crippen LogP contribution in [0.5, 0.6) is 0 Å². The van der Waals surface area contributed by atoms with Gasteiger partial charge in [-0.1, -0.05) is 0 Å². The lowest BCUT2D eigenvalue weighted by Gasteiger charge is -2.41. The Hall–Kier alpha value is -0.770. The van der Waals surface area contributed by atoms with Gasteiger partial charge >= 0.3 is 6.03 Å². The maximum absolute atomic E-state index is 11.6. The first kappa shape index (κ1) is 11.3. The van der Waals surface area contributed by atoms with Crippen molar-refractivity contribution < 1.29 is 4.79 Å². The SMILES string of the molecule is CC(C)(C)N1CC(CCN)CNC1=O. The van der Waals surface area contributed by atoms with Crippen LogP contribution in [0.4, 0.5) is 4.79 Å². The lowest BCUT2D eigenvalue weighted by Crippen LogP contribution is -2.58. The first-order valence-electron chi connectivity index (χ1n) is 5.20. The zero-order chi connectivity index (χ0) is 10.8. The molecule has 0 spiro atoms. The van der Waals surface area contributed by atoms with Gasteiger partial charge in [-0.3, -0.25) is 0 Å². The molecule has 1 unspecified atom stereocenters. The predicted octanol–water partition coefficient (Wildman–Crippen LogP) is 0.775. The van der Waals surface area contributed by atoms with Gasteiger partial charge in [0.05, 0.1) is 0 Å². The maximum atomic E-state index is 11.6. The summed E-state index contributed by atoms with van der Waals surface area (Å²) < 4.78 is 0. The Morgan fingerprint density at radius 2 is 2.21 bits per heavy atom. The summed E-state index contributed by atoms with van der Waals surface area (Å²) in [5.74, 6) is 0.497. The van der Waals surface area contributed by atoms with Crippen molar-refractivity contribution in [2.75, 3.05) is 19.6 Å². The number of carbonyl (C=O) groups is 1. The average Bonchev–Trinajstić information content (AvgIpc) is 2.07. The molecule has 4 nitrogen and oxygen atoms in total. The molecule has 1 atom stereocenters. The summed E-state index contributed by atoms with van der Waals surface area (Å²) in [4.78, 5) is 13.5. The predicted molar refractivity (Wildman–Crippen MR) is 57.0 cm³/mol. The minimum Gasteiger partial charge on any atom is -0.338 e. The molecular weight excluding hydrogens is 178 g/mol. The van der Waals surface area contributed by atoms with Crippen LogP contribution in [0.1, 0.15) is 27.2 Å². The van der Waals surface area contributed by atoms with Crippen LogP contribution in [-0.4, -0.2) is 36.1 Å². The number of rotatable bonds is 2. The Morgan fingerprint density at radius 1 is 1.57 bits per heavy atom. The third-order valence-electron chi connectivity index (χ3n) is 2.61. The van der Waals surface area contributed by atoms with E-state index in [1.54, 1.807) is 0 Å². The van der Waals surface area contributed by atoms with Gasteiger partial charge in [0.15, 0.2) is 0 Å². The normalized spacial score (nSPS) is 23.6. The Balaban J connectivity index is 2.60. The van der Waals surface area contributed by atoms with E-state index >= 15 is 0 Å². The fourth-order valence-electron chi connectivity index (χ4n) is 1.74. The van der Waals surface area contributed by atoms with E-state index in [0.29, 0.717) is 12.5 Å². The van der Waals surface area contributed by atoms with E-state index in [9.17, 15) is 4.79 Å². The molecule has 0 aromatic rings. The Morgan fingerprint density at radius 3 is 2.71 bits per heavy atom. The van der Waals surface area contributed by atoms with Gasteiger partial charge in [-0.2, -0.15) is 0 Å². The topological polar surface area (TPSA) is 58.4 Å². The van der Waals surface area contributed by atoms with Crippen LogP contribution in [0.25, 0.3) is 0 Å². The first-order chi connectivity index (χ1) is 6.45. The van der Waals surface area contributed by atoms with E-state index in [1.165, 1.54) is 0 Å². The second-order valence-corrected chi connectivity index (χ2v) is 4.91. The van der Waals surface area contributed by atoms with Gasteiger partial charge < -0.3 is 16.0 Å². The number of nitrogens with two attached hydrogens (primary N) is 1. The summed E-state index contributed by atoms with van der Waals surface area (Å²) in [5, 5.41) is 2.90. The van der Waals surface area contributed by atoms with Gasteiger partial charge in [0.25, 0.3) is 0 Å². The van der Waals surface area contributed by atoms with Crippen LogP contribution < -0.4 is 11.1 Å². The molecule has 0 bridgehead atoms. The van der Waals surface area contributed by atoms with Crippen molar-refractivity contribution in [2.24, 2.45) is 11.7 Å². The molecule has 14 heavy (non-hydrogen) atoms. The van der Waals surface area contributed by atoms with E-state index in [0.717, 1.165) is 19.5 Å². The Bertz CT molecular complexity index is 210. The van der Waals surface area contributed by atoms with Crippen molar-refractivity contribution in [3.63, 3.8) is 0 Å². The maximum Gasteiger partial charge on any atom is 0.317 e. The van der Waals surface area contributed by atoms with Crippen molar-refractivity contribution in [1.82, 2.24) is 10.2 Å². The van der Waals surface area contributed by atoms with Crippen LogP contribution in [0.15, 0.2) is 0 Å². The number of nitrogens with one attached hydrogen (secondary N) is 1. The largest absolute Gasteiger partial charge is 0.338 e. The highest BCUT2D eigenvalue weighted by atomic mass is 16.2. The molecule has 0 saturated carbocycles. The van der Waals surface area contributed by atoms with Crippen LogP contribution in [0.3, 0.4) is 0 Å². The fraction of sp³-hybridized carbons (Fsp3) is 0.900. The number of amides is 2. The van der Waals surface area contributed by atoms with Gasteiger partial charge in [0, 0.05) is 18.6 Å². The van der Waals surface area contributed by atoms with Crippen LogP contribution >= 0.6 is 0 Å². The van der Waals surface area contributed by atoms with Crippen molar-refractivity contribution in [3.8, 4) is 0 Å². The minimum atomic E-state index is -0.0998. The number of hydrogen-bond acceptors (Lipinski definition) is 2. The summed E-state index contributed by atoms with van der Waals surface area (Å²) in [5.41, 5.74) is 5.42. The third-order valence-corrected chi connectivity index (χ3v) is 2.61. The summed E-state index contributed by atoms with van der Waals surface area (Å²) >= 11 is 0. The number of carbonyl (C=O) groups excluding carboxylic acids is 1. The van der Waals surface area contributed by atoms with E-state index in [2.05, 4.69) is 26.1 Å². The lowest BCUT2D eigenvalue weighted by molar-refractivity contribution is 0.109. The van der Waals surface area contributed by atoms with E-state index in [4.69, 9.17) is 5.73 Å². The summed E-state index contributed by atoms with van der Waals surface area (Å²) in [7, 11) is 0. The van der Waals surface area contributed by atoms with E-state index < -0.39 is 0 Å². The van der Waals surface area contributed by atoms with Crippen molar-refractivity contribution in [2.45, 2.75) is 32.7 Å². The number of nitrogens with zero attached hydrogens (tertiary/aromatic N) is 1. The van der Waals surface area contributed by atoms with Gasteiger partial charge in [0.2, 0.25) is 0 Å². The molecular formula is C10H21N3O. The van der Waals surface area contributed by atoms with Gasteiger partial charge in [0.1, 0.15) is 0 Å². The molecule has 82 valence electrons. The number of hydrogen-bond donors (Lipinski definition) is 2. The van der Waals surface area contributed by atoms with Gasteiger partial charge in [-0.25, -0.2) is 4.79 Å². The van der Waals surface area contributed by atoms with Crippen LogP contribution in [-0.2, 0) is 0 Å². The molecule has 2 amide bonds. The quantitative estimate of drug-likeness (QED) is 0.690. The van der Waals surface area contributed by atoms with Crippen LogP contribution in [0, 0.1) is 5.92 Å². The highest BCUT2D eigenvalue weighted by Gasteiger charge is 2.32. The third kappa shape index (κ3) is 2.61. The highest BCUT2D eigenvalue weighted by Crippen LogP contribution is 2.19. The zero-order valence-corrected chi connectivity index (χ0v) is 9.34. The minimum absolute atomic E-state index is 0.0470.